The average molecular weight is 387 g/mol. The van der Waals surface area contributed by atoms with Crippen molar-refractivity contribution in [3.05, 3.63) is 69.7 Å². The summed E-state index contributed by atoms with van der Waals surface area (Å²) < 4.78 is 0.910. The first-order chi connectivity index (χ1) is 11.6. The monoisotopic (exact) mass is 386 g/mol. The summed E-state index contributed by atoms with van der Waals surface area (Å²) in [5, 5.41) is 0. The maximum absolute atomic E-state index is 12.8. The summed E-state index contributed by atoms with van der Waals surface area (Å²) in [6, 6.07) is 14.2. The Morgan fingerprint density at radius 2 is 1.75 bits per heavy atom. The molecule has 3 rings (SSSR count). The molecule has 1 aliphatic heterocycles. The third kappa shape index (κ3) is 3.42. The molecule has 1 heterocycles. The number of rotatable bonds is 4. The van der Waals surface area contributed by atoms with Crippen LogP contribution in [0.1, 0.15) is 32.7 Å². The van der Waals surface area contributed by atoms with E-state index in [1.165, 1.54) is 0 Å². The van der Waals surface area contributed by atoms with Crippen molar-refractivity contribution in [3.8, 4) is 0 Å². The Balaban J connectivity index is 1.89. The standard InChI is InChI=1S/C19H19BrN2O2/c20-15-7-5-14(6-8-15)18(23)16-3-1-2-4-17(16)19(24)22-10-9-13(11-21)12-22/h1-8,13H,9-12,21H2/t13-/m1/s1. The Morgan fingerprint density at radius 1 is 1.08 bits per heavy atom. The van der Waals surface area contributed by atoms with Crippen molar-refractivity contribution in [2.24, 2.45) is 11.7 Å². The summed E-state index contributed by atoms with van der Waals surface area (Å²) >= 11 is 3.36. The third-order valence-corrected chi connectivity index (χ3v) is 4.94. The third-order valence-electron chi connectivity index (χ3n) is 4.41. The number of benzene rings is 2. The van der Waals surface area contributed by atoms with E-state index >= 15 is 0 Å². The molecule has 1 amide bonds. The Bertz CT molecular complexity index is 758. The van der Waals surface area contributed by atoms with E-state index in [0.29, 0.717) is 42.2 Å². The van der Waals surface area contributed by atoms with Gasteiger partial charge in [0.25, 0.3) is 5.91 Å². The molecule has 5 heteroatoms. The van der Waals surface area contributed by atoms with Crippen LogP contribution in [0.15, 0.2) is 53.0 Å². The van der Waals surface area contributed by atoms with Crippen molar-refractivity contribution < 1.29 is 9.59 Å². The molecule has 0 spiro atoms. The fourth-order valence-electron chi connectivity index (χ4n) is 3.00. The van der Waals surface area contributed by atoms with Crippen molar-refractivity contribution in [2.75, 3.05) is 19.6 Å². The number of hydrogen-bond acceptors (Lipinski definition) is 3. The molecule has 1 saturated heterocycles. The molecular formula is C19H19BrN2O2. The lowest BCUT2D eigenvalue weighted by atomic mass is 9.97. The first-order valence-corrected chi connectivity index (χ1v) is 8.78. The maximum Gasteiger partial charge on any atom is 0.254 e. The number of likely N-dealkylation sites (tertiary alicyclic amines) is 1. The molecule has 0 aliphatic carbocycles. The van der Waals surface area contributed by atoms with Gasteiger partial charge in [-0.3, -0.25) is 9.59 Å². The quantitative estimate of drug-likeness (QED) is 0.821. The van der Waals surface area contributed by atoms with Crippen LogP contribution in [-0.4, -0.2) is 36.2 Å². The summed E-state index contributed by atoms with van der Waals surface area (Å²) in [6.45, 7) is 1.95. The zero-order valence-corrected chi connectivity index (χ0v) is 14.8. The highest BCUT2D eigenvalue weighted by Crippen LogP contribution is 2.22. The highest BCUT2D eigenvalue weighted by molar-refractivity contribution is 9.10. The number of halogens is 1. The van der Waals surface area contributed by atoms with E-state index in [1.54, 1.807) is 41.3 Å². The molecule has 2 N–H and O–H groups in total. The Hall–Kier alpha value is -1.98. The van der Waals surface area contributed by atoms with Gasteiger partial charge in [-0.05, 0) is 49.2 Å². The molecule has 0 saturated carbocycles. The second kappa shape index (κ2) is 7.28. The van der Waals surface area contributed by atoms with Crippen LogP contribution in [0.2, 0.25) is 0 Å². The average Bonchev–Trinajstić information content (AvgIpc) is 3.10. The van der Waals surface area contributed by atoms with Crippen LogP contribution < -0.4 is 5.73 Å². The first-order valence-electron chi connectivity index (χ1n) is 7.99. The summed E-state index contributed by atoms with van der Waals surface area (Å²) in [5.41, 5.74) is 7.18. The van der Waals surface area contributed by atoms with Gasteiger partial charge in [-0.25, -0.2) is 0 Å². The number of carbonyl (C=O) groups excluding carboxylic acids is 2. The van der Waals surface area contributed by atoms with Gasteiger partial charge in [0.2, 0.25) is 0 Å². The van der Waals surface area contributed by atoms with E-state index in [2.05, 4.69) is 15.9 Å². The van der Waals surface area contributed by atoms with Gasteiger partial charge < -0.3 is 10.6 Å². The van der Waals surface area contributed by atoms with Gasteiger partial charge in [0.15, 0.2) is 5.78 Å². The minimum atomic E-state index is -0.138. The van der Waals surface area contributed by atoms with Crippen molar-refractivity contribution in [2.45, 2.75) is 6.42 Å². The zero-order valence-electron chi connectivity index (χ0n) is 13.2. The van der Waals surface area contributed by atoms with Crippen LogP contribution in [0.3, 0.4) is 0 Å². The van der Waals surface area contributed by atoms with Crippen molar-refractivity contribution in [3.63, 3.8) is 0 Å². The normalized spacial score (nSPS) is 17.1. The highest BCUT2D eigenvalue weighted by Gasteiger charge is 2.28. The molecule has 0 unspecified atom stereocenters. The molecule has 124 valence electrons. The van der Waals surface area contributed by atoms with Crippen LogP contribution in [0.25, 0.3) is 0 Å². The maximum atomic E-state index is 12.8. The van der Waals surface area contributed by atoms with E-state index < -0.39 is 0 Å². The van der Waals surface area contributed by atoms with E-state index in [-0.39, 0.29) is 11.7 Å². The van der Waals surface area contributed by atoms with Gasteiger partial charge in [0, 0.05) is 28.7 Å². The van der Waals surface area contributed by atoms with Crippen LogP contribution in [0, 0.1) is 5.92 Å². The summed E-state index contributed by atoms with van der Waals surface area (Å²) in [4.78, 5) is 27.5. The molecule has 0 bridgehead atoms. The van der Waals surface area contributed by atoms with Crippen molar-refractivity contribution in [1.29, 1.82) is 0 Å². The fraction of sp³-hybridized carbons (Fsp3) is 0.263. The molecule has 0 aromatic heterocycles. The molecule has 2 aromatic carbocycles. The predicted octanol–water partition coefficient (Wildman–Crippen LogP) is 3.10. The smallest absolute Gasteiger partial charge is 0.254 e. The lowest BCUT2D eigenvalue weighted by Gasteiger charge is -2.18. The minimum absolute atomic E-state index is 0.0907. The molecule has 0 radical (unpaired) electrons. The Labute approximate surface area is 149 Å². The number of nitrogens with two attached hydrogens (primary N) is 1. The fourth-order valence-corrected chi connectivity index (χ4v) is 3.27. The van der Waals surface area contributed by atoms with Crippen LogP contribution in [0.5, 0.6) is 0 Å². The predicted molar refractivity (Wildman–Crippen MR) is 97.1 cm³/mol. The van der Waals surface area contributed by atoms with Gasteiger partial charge >= 0.3 is 0 Å². The topological polar surface area (TPSA) is 63.4 Å². The van der Waals surface area contributed by atoms with Crippen LogP contribution >= 0.6 is 15.9 Å². The summed E-state index contributed by atoms with van der Waals surface area (Å²) in [6.07, 6.45) is 0.922. The zero-order chi connectivity index (χ0) is 17.1. The Kier molecular flexibility index (Phi) is 5.11. The number of ketones is 1. The van der Waals surface area contributed by atoms with E-state index in [1.807, 2.05) is 12.1 Å². The highest BCUT2D eigenvalue weighted by atomic mass is 79.9. The van der Waals surface area contributed by atoms with Gasteiger partial charge in [-0.1, -0.05) is 34.1 Å². The van der Waals surface area contributed by atoms with Gasteiger partial charge in [-0.2, -0.15) is 0 Å². The Morgan fingerprint density at radius 3 is 2.38 bits per heavy atom. The van der Waals surface area contributed by atoms with E-state index in [0.717, 1.165) is 10.9 Å². The molecule has 1 fully saturated rings. The van der Waals surface area contributed by atoms with Crippen molar-refractivity contribution in [1.82, 2.24) is 4.90 Å². The lowest BCUT2D eigenvalue weighted by Crippen LogP contribution is -2.31. The number of amides is 1. The largest absolute Gasteiger partial charge is 0.338 e. The number of nitrogens with zero attached hydrogens (tertiary/aromatic N) is 1. The molecule has 4 nitrogen and oxygen atoms in total. The van der Waals surface area contributed by atoms with Crippen molar-refractivity contribution >= 4 is 27.6 Å². The summed E-state index contributed by atoms with van der Waals surface area (Å²) in [7, 11) is 0. The minimum Gasteiger partial charge on any atom is -0.338 e. The second-order valence-electron chi connectivity index (χ2n) is 6.02. The van der Waals surface area contributed by atoms with Gasteiger partial charge in [0.1, 0.15) is 0 Å². The second-order valence-corrected chi connectivity index (χ2v) is 6.94. The molecular weight excluding hydrogens is 368 g/mol. The molecule has 24 heavy (non-hydrogen) atoms. The first kappa shape index (κ1) is 16.9. The molecule has 1 atom stereocenters. The number of hydrogen-bond donors (Lipinski definition) is 1. The SMILES string of the molecule is NC[C@H]1CCN(C(=O)c2ccccc2C(=O)c2ccc(Br)cc2)C1. The van der Waals surface area contributed by atoms with Crippen LogP contribution in [0.4, 0.5) is 0 Å². The van der Waals surface area contributed by atoms with Crippen LogP contribution in [-0.2, 0) is 0 Å². The molecule has 1 aliphatic rings. The molecule has 2 aromatic rings. The van der Waals surface area contributed by atoms with E-state index in [9.17, 15) is 9.59 Å². The van der Waals surface area contributed by atoms with E-state index in [4.69, 9.17) is 5.73 Å². The lowest BCUT2D eigenvalue weighted by molar-refractivity contribution is 0.0783. The van der Waals surface area contributed by atoms with Gasteiger partial charge in [0.05, 0.1) is 5.56 Å². The summed E-state index contributed by atoms with van der Waals surface area (Å²) in [5.74, 6) is 0.122. The van der Waals surface area contributed by atoms with Gasteiger partial charge in [-0.15, -0.1) is 0 Å². The number of carbonyl (C=O) groups is 2.